The number of ether oxygens (including phenoxy) is 4. The van der Waals surface area contributed by atoms with E-state index < -0.39 is 5.91 Å². The fourth-order valence-corrected chi connectivity index (χ4v) is 4.38. The molecule has 1 heterocycles. The number of amides is 1. The summed E-state index contributed by atoms with van der Waals surface area (Å²) in [5, 5.41) is 21.5. The third-order valence-electron chi connectivity index (χ3n) is 5.55. The smallest absolute Gasteiger partial charge is 0.268 e. The first-order valence-electron chi connectivity index (χ1n) is 11.9. The lowest BCUT2D eigenvalue weighted by atomic mass is 10.1. The standard InChI is InChI=1S/C29H26N4O5S/c1-19-6-4-5-7-24(19)28-32-33-29(39-28)31-27(34)21(18-30)16-20-8-13-25(26(17-20)36-3)38-15-14-37-23-11-9-22(35-2)10-12-23/h4-13,16-17H,14-15H2,1-3H3,(H,31,33,34)/b21-16-. The molecular formula is C29H26N4O5S. The molecule has 198 valence electrons. The summed E-state index contributed by atoms with van der Waals surface area (Å²) in [4.78, 5) is 12.8. The number of hydrogen-bond acceptors (Lipinski definition) is 9. The molecule has 1 aromatic heterocycles. The molecule has 0 unspecified atom stereocenters. The van der Waals surface area contributed by atoms with E-state index in [1.807, 2.05) is 61.5 Å². The molecule has 0 radical (unpaired) electrons. The maximum Gasteiger partial charge on any atom is 0.268 e. The number of carbonyl (C=O) groups excluding carboxylic acids is 1. The minimum Gasteiger partial charge on any atom is -0.497 e. The van der Waals surface area contributed by atoms with Crippen molar-refractivity contribution in [3.8, 4) is 39.6 Å². The highest BCUT2D eigenvalue weighted by Crippen LogP contribution is 2.30. The number of nitrogens with zero attached hydrogens (tertiary/aromatic N) is 3. The van der Waals surface area contributed by atoms with E-state index in [2.05, 4.69) is 15.5 Å². The number of anilines is 1. The summed E-state index contributed by atoms with van der Waals surface area (Å²) in [6.07, 6.45) is 1.47. The monoisotopic (exact) mass is 542 g/mol. The van der Waals surface area contributed by atoms with E-state index in [1.165, 1.54) is 24.5 Å². The molecule has 0 atom stereocenters. The van der Waals surface area contributed by atoms with Crippen LogP contribution in [0.5, 0.6) is 23.0 Å². The summed E-state index contributed by atoms with van der Waals surface area (Å²) < 4.78 is 22.1. The Hall–Kier alpha value is -4.88. The van der Waals surface area contributed by atoms with E-state index >= 15 is 0 Å². The van der Waals surface area contributed by atoms with Crippen LogP contribution in [0.4, 0.5) is 5.13 Å². The van der Waals surface area contributed by atoms with E-state index in [0.29, 0.717) is 39.6 Å². The normalized spacial score (nSPS) is 10.9. The highest BCUT2D eigenvalue weighted by Gasteiger charge is 2.15. The van der Waals surface area contributed by atoms with Crippen molar-refractivity contribution in [3.05, 3.63) is 83.4 Å². The van der Waals surface area contributed by atoms with Gasteiger partial charge in [-0.25, -0.2) is 0 Å². The number of aromatic nitrogens is 2. The van der Waals surface area contributed by atoms with Crippen LogP contribution in [0.15, 0.2) is 72.3 Å². The molecule has 4 rings (SSSR count). The van der Waals surface area contributed by atoms with Gasteiger partial charge in [-0.3, -0.25) is 10.1 Å². The first kappa shape index (κ1) is 27.2. The quantitative estimate of drug-likeness (QED) is 0.149. The molecule has 4 aromatic rings. The zero-order chi connectivity index (χ0) is 27.6. The number of methoxy groups -OCH3 is 2. The van der Waals surface area contributed by atoms with Crippen LogP contribution in [0.1, 0.15) is 11.1 Å². The van der Waals surface area contributed by atoms with Gasteiger partial charge in [-0.2, -0.15) is 5.26 Å². The van der Waals surface area contributed by atoms with Gasteiger partial charge in [0.2, 0.25) is 5.13 Å². The second kappa shape index (κ2) is 13.1. The molecule has 0 aliphatic heterocycles. The highest BCUT2D eigenvalue weighted by molar-refractivity contribution is 7.18. The fourth-order valence-electron chi connectivity index (χ4n) is 3.55. The van der Waals surface area contributed by atoms with Crippen LogP contribution in [0.25, 0.3) is 16.6 Å². The van der Waals surface area contributed by atoms with E-state index in [-0.39, 0.29) is 12.2 Å². The Balaban J connectivity index is 1.37. The van der Waals surface area contributed by atoms with Crippen molar-refractivity contribution in [3.63, 3.8) is 0 Å². The van der Waals surface area contributed by atoms with Crippen molar-refractivity contribution in [2.75, 3.05) is 32.8 Å². The minimum absolute atomic E-state index is 0.0914. The lowest BCUT2D eigenvalue weighted by molar-refractivity contribution is -0.112. The van der Waals surface area contributed by atoms with Gasteiger partial charge < -0.3 is 18.9 Å². The molecule has 0 bridgehead atoms. The zero-order valence-electron chi connectivity index (χ0n) is 21.6. The van der Waals surface area contributed by atoms with E-state index in [9.17, 15) is 10.1 Å². The van der Waals surface area contributed by atoms with Gasteiger partial charge in [0, 0.05) is 5.56 Å². The van der Waals surface area contributed by atoms with Crippen LogP contribution >= 0.6 is 11.3 Å². The van der Waals surface area contributed by atoms with Gasteiger partial charge in [0.15, 0.2) is 11.5 Å². The molecule has 0 spiro atoms. The summed E-state index contributed by atoms with van der Waals surface area (Å²) in [5.41, 5.74) is 2.49. The molecule has 9 nitrogen and oxygen atoms in total. The van der Waals surface area contributed by atoms with Gasteiger partial charge >= 0.3 is 0 Å². The van der Waals surface area contributed by atoms with Gasteiger partial charge in [-0.05, 0) is 60.5 Å². The number of hydrogen-bond donors (Lipinski definition) is 1. The average Bonchev–Trinajstić information content (AvgIpc) is 3.42. The Labute approximate surface area is 230 Å². The molecule has 1 N–H and O–H groups in total. The Morgan fingerprint density at radius 3 is 2.41 bits per heavy atom. The third-order valence-corrected chi connectivity index (χ3v) is 6.43. The van der Waals surface area contributed by atoms with Crippen molar-refractivity contribution in [1.82, 2.24) is 10.2 Å². The van der Waals surface area contributed by atoms with Gasteiger partial charge in [-0.1, -0.05) is 41.7 Å². The van der Waals surface area contributed by atoms with E-state index in [1.54, 1.807) is 25.3 Å². The topological polar surface area (TPSA) is 116 Å². The molecule has 0 saturated heterocycles. The molecule has 0 aliphatic rings. The lowest BCUT2D eigenvalue weighted by Gasteiger charge is -2.12. The van der Waals surface area contributed by atoms with E-state index in [0.717, 1.165) is 16.9 Å². The van der Waals surface area contributed by atoms with Gasteiger partial charge in [-0.15, -0.1) is 10.2 Å². The van der Waals surface area contributed by atoms with Crippen molar-refractivity contribution >= 4 is 28.5 Å². The van der Waals surface area contributed by atoms with Gasteiger partial charge in [0.05, 0.1) is 14.2 Å². The highest BCUT2D eigenvalue weighted by atomic mass is 32.1. The number of rotatable bonds is 11. The second-order valence-electron chi connectivity index (χ2n) is 8.13. The van der Waals surface area contributed by atoms with Crippen LogP contribution in [0.2, 0.25) is 0 Å². The summed E-state index contributed by atoms with van der Waals surface area (Å²) in [7, 11) is 3.12. The zero-order valence-corrected chi connectivity index (χ0v) is 22.5. The predicted octanol–water partition coefficient (Wildman–Crippen LogP) is 5.53. The molecule has 3 aromatic carbocycles. The maximum absolute atomic E-state index is 12.8. The Kier molecular flexibility index (Phi) is 9.11. The van der Waals surface area contributed by atoms with Gasteiger partial charge in [0.25, 0.3) is 5.91 Å². The van der Waals surface area contributed by atoms with Crippen LogP contribution in [0.3, 0.4) is 0 Å². The summed E-state index contributed by atoms with van der Waals surface area (Å²) in [6, 6.07) is 22.1. The molecule has 10 heteroatoms. The molecular weight excluding hydrogens is 516 g/mol. The number of nitrogens with one attached hydrogen (secondary N) is 1. The van der Waals surface area contributed by atoms with Crippen LogP contribution in [-0.2, 0) is 4.79 Å². The fraction of sp³-hybridized carbons (Fsp3) is 0.172. The predicted molar refractivity (Wildman–Crippen MR) is 149 cm³/mol. The Morgan fingerprint density at radius 1 is 0.949 bits per heavy atom. The SMILES string of the molecule is COc1ccc(OCCOc2ccc(/C=C(/C#N)C(=O)Nc3nnc(-c4ccccc4C)s3)cc2OC)cc1. The summed E-state index contributed by atoms with van der Waals surface area (Å²) in [6.45, 7) is 2.59. The number of aryl methyl sites for hydroxylation is 1. The Bertz CT molecular complexity index is 1510. The third kappa shape index (κ3) is 7.12. The molecule has 0 aliphatic carbocycles. The maximum atomic E-state index is 12.8. The summed E-state index contributed by atoms with van der Waals surface area (Å²) in [5.74, 6) is 1.84. The van der Waals surface area contributed by atoms with E-state index in [4.69, 9.17) is 18.9 Å². The van der Waals surface area contributed by atoms with Crippen molar-refractivity contribution in [2.24, 2.45) is 0 Å². The molecule has 1 amide bonds. The first-order chi connectivity index (χ1) is 19.0. The van der Waals surface area contributed by atoms with Crippen LogP contribution in [-0.4, -0.2) is 43.5 Å². The number of benzene rings is 3. The minimum atomic E-state index is -0.583. The first-order valence-corrected chi connectivity index (χ1v) is 12.7. The second-order valence-corrected chi connectivity index (χ2v) is 9.11. The molecule has 39 heavy (non-hydrogen) atoms. The van der Waals surface area contributed by atoms with Gasteiger partial charge in [0.1, 0.15) is 41.4 Å². The average molecular weight is 543 g/mol. The van der Waals surface area contributed by atoms with Crippen LogP contribution in [0, 0.1) is 18.3 Å². The number of nitriles is 1. The summed E-state index contributed by atoms with van der Waals surface area (Å²) >= 11 is 1.24. The van der Waals surface area contributed by atoms with Crippen molar-refractivity contribution in [2.45, 2.75) is 6.92 Å². The lowest BCUT2D eigenvalue weighted by Crippen LogP contribution is -2.13. The Morgan fingerprint density at radius 2 is 1.69 bits per heavy atom. The number of carbonyl (C=O) groups is 1. The van der Waals surface area contributed by atoms with Crippen molar-refractivity contribution in [1.29, 1.82) is 5.26 Å². The van der Waals surface area contributed by atoms with Crippen molar-refractivity contribution < 1.29 is 23.7 Å². The molecule has 0 saturated carbocycles. The molecule has 0 fully saturated rings. The largest absolute Gasteiger partial charge is 0.497 e. The van der Waals surface area contributed by atoms with Crippen LogP contribution < -0.4 is 24.3 Å².